The van der Waals surface area contributed by atoms with Gasteiger partial charge in [-0.15, -0.1) is 0 Å². The lowest BCUT2D eigenvalue weighted by Crippen LogP contribution is -2.47. The van der Waals surface area contributed by atoms with Crippen molar-refractivity contribution in [3.63, 3.8) is 0 Å². The first kappa shape index (κ1) is 20.9. The van der Waals surface area contributed by atoms with E-state index in [4.69, 9.17) is 9.72 Å². The monoisotopic (exact) mass is 416 g/mol. The fourth-order valence-corrected chi connectivity index (χ4v) is 6.40. The maximum atomic E-state index is 6.41. The third kappa shape index (κ3) is 4.10. The third-order valence-electron chi connectivity index (χ3n) is 8.03. The summed E-state index contributed by atoms with van der Waals surface area (Å²) < 4.78 is 6.41. The van der Waals surface area contributed by atoms with Crippen molar-refractivity contribution in [1.82, 2.24) is 10.3 Å². The zero-order valence-electron chi connectivity index (χ0n) is 18.9. The van der Waals surface area contributed by atoms with Crippen LogP contribution in [0.1, 0.15) is 87.6 Å². The summed E-state index contributed by atoms with van der Waals surface area (Å²) in [7, 11) is 0. The number of fused-ring (bicyclic) bond motifs is 1. The van der Waals surface area contributed by atoms with Crippen molar-refractivity contribution < 1.29 is 4.74 Å². The number of hydrogen-bond donors (Lipinski definition) is 1. The average Bonchev–Trinajstić information content (AvgIpc) is 3.27. The number of nitrogens with one attached hydrogen (secondary N) is 1. The van der Waals surface area contributed by atoms with E-state index in [1.165, 1.54) is 48.1 Å². The first-order valence-electron chi connectivity index (χ1n) is 12.3. The smallest absolute Gasteiger partial charge is 0.0691 e. The molecule has 164 valence electrons. The van der Waals surface area contributed by atoms with Crippen LogP contribution in [0.5, 0.6) is 0 Å². The first-order chi connectivity index (χ1) is 15.2. The number of pyridine rings is 1. The number of nitrogens with zero attached hydrogens (tertiary/aromatic N) is 1. The predicted molar refractivity (Wildman–Crippen MR) is 127 cm³/mol. The van der Waals surface area contributed by atoms with Crippen molar-refractivity contribution in [3.05, 3.63) is 71.6 Å². The van der Waals surface area contributed by atoms with Gasteiger partial charge in [0.05, 0.1) is 5.60 Å². The highest BCUT2D eigenvalue weighted by Crippen LogP contribution is 2.49. The molecule has 2 aliphatic carbocycles. The quantitative estimate of drug-likeness (QED) is 0.595. The summed E-state index contributed by atoms with van der Waals surface area (Å²) in [5, 5.41) is 3.93. The molecular formula is C28H36N2O. The van der Waals surface area contributed by atoms with Gasteiger partial charge in [0.2, 0.25) is 0 Å². The van der Waals surface area contributed by atoms with Gasteiger partial charge >= 0.3 is 0 Å². The van der Waals surface area contributed by atoms with Crippen molar-refractivity contribution in [2.45, 2.75) is 81.8 Å². The Morgan fingerprint density at radius 3 is 2.71 bits per heavy atom. The van der Waals surface area contributed by atoms with Crippen LogP contribution in [0.2, 0.25) is 0 Å². The second-order valence-electron chi connectivity index (χ2n) is 9.82. The van der Waals surface area contributed by atoms with E-state index in [-0.39, 0.29) is 11.0 Å². The highest BCUT2D eigenvalue weighted by molar-refractivity contribution is 5.70. The molecule has 0 bridgehead atoms. The molecule has 2 atom stereocenters. The maximum absolute atomic E-state index is 6.41. The van der Waals surface area contributed by atoms with Gasteiger partial charge in [0.25, 0.3) is 0 Å². The van der Waals surface area contributed by atoms with Crippen LogP contribution in [-0.2, 0) is 10.2 Å². The normalized spacial score (nSPS) is 27.1. The molecule has 3 aliphatic rings. The fourth-order valence-electron chi connectivity index (χ4n) is 6.40. The summed E-state index contributed by atoms with van der Waals surface area (Å²) in [6.07, 6.45) is 15.0. The van der Waals surface area contributed by atoms with E-state index >= 15 is 0 Å². The molecule has 3 heteroatoms. The molecule has 0 radical (unpaired) electrons. The number of ether oxygens (including phenoxy) is 1. The molecule has 1 aliphatic heterocycles. The van der Waals surface area contributed by atoms with Crippen molar-refractivity contribution in [2.24, 2.45) is 0 Å². The number of rotatable bonds is 6. The van der Waals surface area contributed by atoms with E-state index in [2.05, 4.69) is 54.7 Å². The van der Waals surface area contributed by atoms with E-state index < -0.39 is 0 Å². The zero-order valence-corrected chi connectivity index (χ0v) is 18.9. The summed E-state index contributed by atoms with van der Waals surface area (Å²) in [5.41, 5.74) is 5.87. The molecule has 1 aromatic heterocycles. The molecule has 1 spiro atoms. The molecule has 5 rings (SSSR count). The van der Waals surface area contributed by atoms with Gasteiger partial charge in [-0.2, -0.15) is 0 Å². The van der Waals surface area contributed by atoms with Crippen LogP contribution in [0.15, 0.2) is 54.7 Å². The Bertz CT molecular complexity index is 916. The molecule has 2 aromatic rings. The van der Waals surface area contributed by atoms with Crippen LogP contribution >= 0.6 is 0 Å². The Labute approximate surface area is 187 Å². The van der Waals surface area contributed by atoms with Gasteiger partial charge in [-0.3, -0.25) is 4.98 Å². The van der Waals surface area contributed by atoms with Gasteiger partial charge in [-0.1, -0.05) is 56.2 Å². The van der Waals surface area contributed by atoms with Crippen molar-refractivity contribution >= 4 is 5.57 Å². The van der Waals surface area contributed by atoms with Crippen LogP contribution in [0.3, 0.4) is 0 Å². The maximum Gasteiger partial charge on any atom is 0.0691 e. The van der Waals surface area contributed by atoms with Gasteiger partial charge in [-0.05, 0) is 80.3 Å². The Balaban J connectivity index is 1.34. The zero-order chi connectivity index (χ0) is 21.2. The minimum Gasteiger partial charge on any atom is -0.375 e. The fraction of sp³-hybridized carbons (Fsp3) is 0.536. The van der Waals surface area contributed by atoms with E-state index in [0.717, 1.165) is 45.3 Å². The van der Waals surface area contributed by atoms with Crippen molar-refractivity contribution in [1.29, 1.82) is 0 Å². The topological polar surface area (TPSA) is 34.2 Å². The molecule has 1 unspecified atom stereocenters. The van der Waals surface area contributed by atoms with Crippen molar-refractivity contribution in [3.8, 4) is 0 Å². The number of benzene rings is 1. The summed E-state index contributed by atoms with van der Waals surface area (Å²) >= 11 is 0. The molecule has 2 fully saturated rings. The predicted octanol–water partition coefficient (Wildman–Crippen LogP) is 6.36. The first-order valence-corrected chi connectivity index (χ1v) is 12.3. The van der Waals surface area contributed by atoms with Crippen LogP contribution in [0.25, 0.3) is 5.57 Å². The molecule has 31 heavy (non-hydrogen) atoms. The van der Waals surface area contributed by atoms with E-state index in [9.17, 15) is 0 Å². The Kier molecular flexibility index (Phi) is 5.99. The lowest BCUT2D eigenvalue weighted by molar-refractivity contribution is -0.104. The third-order valence-corrected chi connectivity index (χ3v) is 8.03. The molecule has 1 aromatic carbocycles. The second-order valence-corrected chi connectivity index (χ2v) is 9.82. The Morgan fingerprint density at radius 1 is 1.06 bits per heavy atom. The van der Waals surface area contributed by atoms with Crippen molar-refractivity contribution in [2.75, 3.05) is 13.2 Å². The van der Waals surface area contributed by atoms with Crippen LogP contribution in [-0.4, -0.2) is 23.7 Å². The molecular weight excluding hydrogens is 380 g/mol. The highest BCUT2D eigenvalue weighted by atomic mass is 16.5. The van der Waals surface area contributed by atoms with Crippen LogP contribution in [0, 0.1) is 0 Å². The number of aromatic nitrogens is 1. The van der Waals surface area contributed by atoms with E-state index in [0.29, 0.717) is 6.04 Å². The van der Waals surface area contributed by atoms with Gasteiger partial charge in [-0.25, -0.2) is 0 Å². The standard InChI is InChI=1S/C28H36N2O/c1-2-22-12-13-25(24-10-4-3-9-23(22)24)29-19-16-27(26-11-5-8-18-30-26)17-20-31-28(21-27)14-6-7-15-28/h3-5,8-12,18,25,29H,2,6-7,13-17,19-21H2,1H3/t25?,27-/m1/s1. The molecule has 1 saturated heterocycles. The molecule has 3 nitrogen and oxygen atoms in total. The van der Waals surface area contributed by atoms with Crippen LogP contribution in [0.4, 0.5) is 0 Å². The molecule has 2 heterocycles. The summed E-state index contributed by atoms with van der Waals surface area (Å²) in [6, 6.07) is 15.8. The molecule has 1 N–H and O–H groups in total. The summed E-state index contributed by atoms with van der Waals surface area (Å²) in [6.45, 7) is 4.14. The number of hydrogen-bond acceptors (Lipinski definition) is 3. The summed E-state index contributed by atoms with van der Waals surface area (Å²) in [5.74, 6) is 0. The van der Waals surface area contributed by atoms with Gasteiger partial charge < -0.3 is 10.1 Å². The molecule has 1 saturated carbocycles. The SMILES string of the molecule is CCC1=CCC(NCC[C@@]2(c3ccccn3)CCOC3(CCCC3)C2)c2ccccc21. The Morgan fingerprint density at radius 2 is 1.90 bits per heavy atom. The average molecular weight is 417 g/mol. The largest absolute Gasteiger partial charge is 0.375 e. The minimum atomic E-state index is 0.0893. The lowest BCUT2D eigenvalue weighted by atomic mass is 9.68. The minimum absolute atomic E-state index is 0.0893. The lowest BCUT2D eigenvalue weighted by Gasteiger charge is -2.46. The van der Waals surface area contributed by atoms with E-state index in [1.807, 2.05) is 12.3 Å². The number of allylic oxidation sites excluding steroid dienone is 1. The molecule has 0 amide bonds. The van der Waals surface area contributed by atoms with E-state index in [1.54, 1.807) is 0 Å². The summed E-state index contributed by atoms with van der Waals surface area (Å²) in [4.78, 5) is 4.86. The Hall–Kier alpha value is -1.97. The van der Waals surface area contributed by atoms with Gasteiger partial charge in [0.15, 0.2) is 0 Å². The van der Waals surface area contributed by atoms with Gasteiger partial charge in [0.1, 0.15) is 0 Å². The van der Waals surface area contributed by atoms with Crippen LogP contribution < -0.4 is 5.32 Å². The second kappa shape index (κ2) is 8.88. The van der Waals surface area contributed by atoms with Gasteiger partial charge in [0, 0.05) is 30.0 Å². The highest BCUT2D eigenvalue weighted by Gasteiger charge is 2.48.